The summed E-state index contributed by atoms with van der Waals surface area (Å²) in [5.74, 6) is 7.09. The molecule has 5 aliphatic rings. The van der Waals surface area contributed by atoms with Crippen LogP contribution in [0.5, 0.6) is 11.5 Å². The van der Waals surface area contributed by atoms with Gasteiger partial charge in [-0.15, -0.1) is 0 Å². The van der Waals surface area contributed by atoms with Gasteiger partial charge in [-0.25, -0.2) is 0 Å². The van der Waals surface area contributed by atoms with Crippen LogP contribution < -0.4 is 9.05 Å². The molecular formula is C52H80O7P2. The average molecular weight is 879 g/mol. The smallest absolute Gasteiger partial charge is 0.397 e. The van der Waals surface area contributed by atoms with E-state index >= 15 is 4.79 Å². The fourth-order valence-corrected chi connectivity index (χ4v) is 14.7. The van der Waals surface area contributed by atoms with E-state index in [1.807, 2.05) is 48.5 Å². The lowest BCUT2D eigenvalue weighted by Crippen LogP contribution is -2.40. The Bertz CT molecular complexity index is 1630. The first-order valence-corrected chi connectivity index (χ1v) is 26.8. The van der Waals surface area contributed by atoms with Crippen LogP contribution in [0.15, 0.2) is 48.5 Å². The Kier molecular flexibility index (Phi) is 16.8. The zero-order valence-electron chi connectivity index (χ0n) is 39.3. The second kappa shape index (κ2) is 21.6. The zero-order valence-corrected chi connectivity index (χ0v) is 41.1. The van der Waals surface area contributed by atoms with Gasteiger partial charge in [-0.3, -0.25) is 22.9 Å². The minimum absolute atomic E-state index is 0.0365. The Morgan fingerprint density at radius 1 is 0.557 bits per heavy atom. The molecule has 4 saturated carbocycles. The van der Waals surface area contributed by atoms with Crippen LogP contribution in [0, 0.1) is 71.0 Å². The highest BCUT2D eigenvalue weighted by atomic mass is 31.2. The summed E-state index contributed by atoms with van der Waals surface area (Å²) in [5, 5.41) is 0. The maximum atomic E-state index is 15.0. The predicted molar refractivity (Wildman–Crippen MR) is 250 cm³/mol. The number of carbonyl (C=O) groups is 1. The van der Waals surface area contributed by atoms with Gasteiger partial charge < -0.3 is 9.05 Å². The number of fused-ring (bicyclic) bond motifs is 4. The van der Waals surface area contributed by atoms with Crippen molar-refractivity contribution in [2.24, 2.45) is 71.0 Å². The van der Waals surface area contributed by atoms with Crippen molar-refractivity contribution in [2.45, 2.75) is 177 Å². The molecule has 4 aliphatic carbocycles. The summed E-state index contributed by atoms with van der Waals surface area (Å²) in [6.45, 7) is 23.2. The summed E-state index contributed by atoms with van der Waals surface area (Å²) in [7, 11) is -3.60. The molecule has 9 heteroatoms. The molecule has 0 N–H and O–H groups in total. The van der Waals surface area contributed by atoms with Crippen molar-refractivity contribution in [2.75, 3.05) is 0 Å². The molecule has 4 unspecified atom stereocenters. The van der Waals surface area contributed by atoms with Gasteiger partial charge in [-0.05, 0) is 166 Å². The van der Waals surface area contributed by atoms with Gasteiger partial charge in [0, 0.05) is 0 Å². The van der Waals surface area contributed by atoms with Crippen LogP contribution in [0.25, 0.3) is 0 Å². The summed E-state index contributed by atoms with van der Waals surface area (Å²) < 4.78 is 42.2. The fourth-order valence-electron chi connectivity index (χ4n) is 12.0. The summed E-state index contributed by atoms with van der Waals surface area (Å²) in [6.07, 6.45) is 15.2. The van der Waals surface area contributed by atoms with Crippen LogP contribution in [0.3, 0.4) is 0 Å². The number of hydrogen-bond acceptors (Lipinski definition) is 7. The highest BCUT2D eigenvalue weighted by Gasteiger charge is 2.44. The van der Waals surface area contributed by atoms with Gasteiger partial charge >= 0.3 is 17.2 Å². The molecule has 5 fully saturated rings. The molecule has 1 saturated heterocycles. The van der Waals surface area contributed by atoms with Crippen molar-refractivity contribution in [3.05, 3.63) is 59.7 Å². The number of ketones is 1. The standard InChI is InChI=1S/C52H80O7P2/c1-32(2)40-23-19-36(9)27-48(40)56-60(57-49-28-37(10)20-24-41(49)33(3)4)54-46-17-13-11-15-44(46)52(53)45-16-12-14-18-47(45)55-61-58-50-30-38(21-25-42(50)34(5)6)29-39-22-26-43(35(7)8)51(31-39)59-61/h11-18,32-43,48-51H,19-31H2,1-10H3/t36-,37-,38+,39+,40+,41?,42+,43?,48-,49-,50-,51-,60?,61?/m1/s1. The quantitative estimate of drug-likeness (QED) is 0.138. The second-order valence-corrected chi connectivity index (χ2v) is 23.7. The average Bonchev–Trinajstić information content (AvgIpc) is 3.20. The van der Waals surface area contributed by atoms with Gasteiger partial charge in [0.2, 0.25) is 5.78 Å². The van der Waals surface area contributed by atoms with Crippen LogP contribution >= 0.6 is 17.2 Å². The van der Waals surface area contributed by atoms with Gasteiger partial charge in [-0.1, -0.05) is 106 Å². The molecule has 2 aromatic rings. The number of hydrogen-bond donors (Lipinski definition) is 0. The molecule has 0 spiro atoms. The molecule has 0 aromatic heterocycles. The molecule has 1 aliphatic heterocycles. The Hall–Kier alpha value is -1.59. The van der Waals surface area contributed by atoms with Crippen molar-refractivity contribution >= 4 is 23.0 Å². The van der Waals surface area contributed by atoms with Crippen LogP contribution in [0.2, 0.25) is 0 Å². The molecule has 340 valence electrons. The maximum Gasteiger partial charge on any atom is 0.397 e. The molecule has 2 aromatic carbocycles. The van der Waals surface area contributed by atoms with E-state index in [2.05, 4.69) is 69.2 Å². The van der Waals surface area contributed by atoms with E-state index in [-0.39, 0.29) is 30.2 Å². The summed E-state index contributed by atoms with van der Waals surface area (Å²) in [4.78, 5) is 15.0. The minimum atomic E-state index is -1.82. The van der Waals surface area contributed by atoms with E-state index in [0.29, 0.717) is 93.6 Å². The molecule has 0 radical (unpaired) electrons. The topological polar surface area (TPSA) is 72.5 Å². The lowest BCUT2D eigenvalue weighted by molar-refractivity contribution is -0.0272. The summed E-state index contributed by atoms with van der Waals surface area (Å²) in [6, 6.07) is 15.3. The van der Waals surface area contributed by atoms with E-state index in [0.717, 1.165) is 38.5 Å². The molecule has 4 bridgehead atoms. The predicted octanol–water partition coefficient (Wildman–Crippen LogP) is 15.4. The van der Waals surface area contributed by atoms with Crippen LogP contribution in [0.1, 0.15) is 169 Å². The Balaban J connectivity index is 1.17. The monoisotopic (exact) mass is 879 g/mol. The number of benzene rings is 2. The Morgan fingerprint density at radius 2 is 0.984 bits per heavy atom. The van der Waals surface area contributed by atoms with Gasteiger partial charge in [0.15, 0.2) is 0 Å². The first kappa shape index (κ1) is 47.4. The van der Waals surface area contributed by atoms with Crippen molar-refractivity contribution in [1.82, 2.24) is 0 Å². The molecule has 7 nitrogen and oxygen atoms in total. The van der Waals surface area contributed by atoms with Crippen molar-refractivity contribution in [1.29, 1.82) is 0 Å². The van der Waals surface area contributed by atoms with Gasteiger partial charge in [-0.2, -0.15) is 0 Å². The lowest BCUT2D eigenvalue weighted by Gasteiger charge is -2.45. The molecule has 1 heterocycles. The van der Waals surface area contributed by atoms with E-state index in [1.165, 1.54) is 44.9 Å². The van der Waals surface area contributed by atoms with Gasteiger partial charge in [0.05, 0.1) is 35.5 Å². The Labute approximate surface area is 372 Å². The first-order chi connectivity index (χ1) is 29.2. The highest BCUT2D eigenvalue weighted by molar-refractivity contribution is 7.42. The van der Waals surface area contributed by atoms with E-state index in [9.17, 15) is 0 Å². The lowest BCUT2D eigenvalue weighted by atomic mass is 9.68. The summed E-state index contributed by atoms with van der Waals surface area (Å²) in [5.41, 5.74) is 0.945. The molecule has 14 atom stereocenters. The highest BCUT2D eigenvalue weighted by Crippen LogP contribution is 2.55. The van der Waals surface area contributed by atoms with E-state index < -0.39 is 17.2 Å². The SMILES string of the molecule is CC(C)C1CC[C@@H](C)C[C@H]1OP(Oc1ccccc1C(=O)c1ccccc1OP1O[C@@H]2C[C@@H](CCC2C(C)C)C[C@@H]2CC[C@@H](C(C)C)[C@@H](C2)O1)O[C@@H]1C[C@H](C)CC[C@H]1C(C)C. The van der Waals surface area contributed by atoms with Crippen molar-refractivity contribution in [3.8, 4) is 11.5 Å². The van der Waals surface area contributed by atoms with Crippen LogP contribution in [0.4, 0.5) is 0 Å². The number of para-hydroxylation sites is 2. The van der Waals surface area contributed by atoms with E-state index in [1.54, 1.807) is 0 Å². The third-order valence-corrected chi connectivity index (χ3v) is 18.2. The summed E-state index contributed by atoms with van der Waals surface area (Å²) >= 11 is 0. The Morgan fingerprint density at radius 3 is 1.46 bits per heavy atom. The van der Waals surface area contributed by atoms with Crippen LogP contribution in [-0.4, -0.2) is 30.2 Å². The molecular weight excluding hydrogens is 799 g/mol. The zero-order chi connectivity index (χ0) is 43.4. The van der Waals surface area contributed by atoms with E-state index in [4.69, 9.17) is 27.1 Å². The fraction of sp³-hybridized carbons (Fsp3) is 0.750. The van der Waals surface area contributed by atoms with Crippen molar-refractivity contribution < 1.29 is 31.9 Å². The maximum absolute atomic E-state index is 15.0. The number of rotatable bonds is 14. The molecule has 61 heavy (non-hydrogen) atoms. The minimum Gasteiger partial charge on any atom is -0.426 e. The van der Waals surface area contributed by atoms with Crippen molar-refractivity contribution in [3.63, 3.8) is 0 Å². The molecule has 7 rings (SSSR count). The number of carbonyl (C=O) groups excluding carboxylic acids is 1. The second-order valence-electron chi connectivity index (χ2n) is 21.6. The largest absolute Gasteiger partial charge is 0.426 e. The third-order valence-electron chi connectivity index (χ3n) is 15.7. The van der Waals surface area contributed by atoms with Crippen LogP contribution in [-0.2, 0) is 18.1 Å². The van der Waals surface area contributed by atoms with Gasteiger partial charge in [0.25, 0.3) is 0 Å². The third kappa shape index (κ3) is 12.0. The normalized spacial score (nSPS) is 35.3. The van der Waals surface area contributed by atoms with Gasteiger partial charge in [0.1, 0.15) is 11.5 Å². The molecule has 0 amide bonds. The first-order valence-electron chi connectivity index (χ1n) is 24.6.